The normalized spacial score (nSPS) is 11.5. The predicted octanol–water partition coefficient (Wildman–Crippen LogP) is 14.5. The summed E-state index contributed by atoms with van der Waals surface area (Å²) in [7, 11) is 0. The molecule has 0 saturated carbocycles. The summed E-state index contributed by atoms with van der Waals surface area (Å²) in [6.07, 6.45) is 0. The molecule has 0 bridgehead atoms. The minimum atomic E-state index is 0.706. The van der Waals surface area contributed by atoms with E-state index >= 15 is 0 Å². The third-order valence-corrected chi connectivity index (χ3v) is 12.2. The van der Waals surface area contributed by atoms with Crippen LogP contribution in [0.25, 0.3) is 109 Å². The first-order valence-electron chi connectivity index (χ1n) is 19.2. The van der Waals surface area contributed by atoms with E-state index in [-0.39, 0.29) is 0 Å². The lowest BCUT2D eigenvalue weighted by atomic mass is 9.97. The highest BCUT2D eigenvalue weighted by atomic mass is 32.1. The van der Waals surface area contributed by atoms with Gasteiger partial charge in [-0.15, -0.1) is 11.3 Å². The summed E-state index contributed by atoms with van der Waals surface area (Å²) < 4.78 is 2.57. The number of para-hydroxylation sites is 1. The summed E-state index contributed by atoms with van der Waals surface area (Å²) >= 11 is 1.88. The minimum Gasteiger partial charge on any atom is -0.247 e. The molecule has 0 N–H and O–H groups in total. The zero-order chi connectivity index (χ0) is 37.7. The number of nitrogens with zero attached hydrogens (tertiary/aromatic N) is 3. The van der Waals surface area contributed by atoms with Crippen molar-refractivity contribution in [2.24, 2.45) is 0 Å². The highest BCUT2D eigenvalue weighted by Crippen LogP contribution is 2.46. The van der Waals surface area contributed by atoms with E-state index in [4.69, 9.17) is 15.0 Å². The SMILES string of the molecule is c1ccc(-c2cccc(-c3cc(-c4ccc(-c5cccc6c5sc5c6ccc6c(-c7ccccc7)nc7ccccc7c65)cc4)nc(-c4ccccc4)n3)c2)cc1. The zero-order valence-electron chi connectivity index (χ0n) is 30.8. The van der Waals surface area contributed by atoms with E-state index in [1.807, 2.05) is 35.6 Å². The van der Waals surface area contributed by atoms with Crippen molar-refractivity contribution < 1.29 is 0 Å². The number of pyridine rings is 1. The van der Waals surface area contributed by atoms with Gasteiger partial charge in [0.1, 0.15) is 0 Å². The van der Waals surface area contributed by atoms with Gasteiger partial charge in [-0.1, -0.05) is 182 Å². The van der Waals surface area contributed by atoms with Crippen molar-refractivity contribution in [2.75, 3.05) is 0 Å². The molecule has 0 saturated heterocycles. The Labute approximate surface area is 334 Å². The Bertz CT molecular complexity index is 3260. The highest BCUT2D eigenvalue weighted by Gasteiger charge is 2.18. The summed E-state index contributed by atoms with van der Waals surface area (Å²) in [5.41, 5.74) is 12.7. The first-order chi connectivity index (χ1) is 28.2. The molecule has 3 heterocycles. The molecule has 8 aromatic carbocycles. The predicted molar refractivity (Wildman–Crippen MR) is 240 cm³/mol. The first kappa shape index (κ1) is 33.1. The maximum absolute atomic E-state index is 5.19. The number of hydrogen-bond donors (Lipinski definition) is 0. The molecule has 3 nitrogen and oxygen atoms in total. The van der Waals surface area contributed by atoms with Gasteiger partial charge in [-0.3, -0.25) is 0 Å². The quantitative estimate of drug-likeness (QED) is 0.159. The Morgan fingerprint density at radius 3 is 1.65 bits per heavy atom. The van der Waals surface area contributed by atoms with E-state index in [1.165, 1.54) is 53.0 Å². The topological polar surface area (TPSA) is 38.7 Å². The number of fused-ring (bicyclic) bond motifs is 7. The number of rotatable bonds is 6. The van der Waals surface area contributed by atoms with Crippen LogP contribution in [-0.2, 0) is 0 Å². The van der Waals surface area contributed by atoms with Gasteiger partial charge in [0.25, 0.3) is 0 Å². The fraction of sp³-hybridized carbons (Fsp3) is 0. The lowest BCUT2D eigenvalue weighted by molar-refractivity contribution is 1.18. The average molecular weight is 744 g/mol. The van der Waals surface area contributed by atoms with Gasteiger partial charge in [0.2, 0.25) is 0 Å². The standard InChI is InChI=1S/C53H33N3S/c1-4-14-34(15-5-1)39-20-12-21-40(32-39)48-33-47(55-53(56-48)38-18-8-3-9-19-38)36-28-26-35(27-29-36)41-23-13-24-42-43-30-31-45-49(52(43)57-51(41)42)44-22-10-11-25-46(44)54-50(45)37-16-6-2-7-17-37/h1-33H. The van der Waals surface area contributed by atoms with Crippen LogP contribution < -0.4 is 0 Å². The van der Waals surface area contributed by atoms with Crippen molar-refractivity contribution >= 4 is 53.2 Å². The average Bonchev–Trinajstić information content (AvgIpc) is 3.69. The van der Waals surface area contributed by atoms with E-state index in [2.05, 4.69) is 176 Å². The molecule has 3 aromatic heterocycles. The van der Waals surface area contributed by atoms with Gasteiger partial charge in [0.05, 0.1) is 22.6 Å². The zero-order valence-corrected chi connectivity index (χ0v) is 31.6. The van der Waals surface area contributed by atoms with Crippen LogP contribution in [0.2, 0.25) is 0 Å². The van der Waals surface area contributed by atoms with Crippen LogP contribution in [0, 0.1) is 0 Å². The van der Waals surface area contributed by atoms with Crippen LogP contribution in [0.5, 0.6) is 0 Å². The molecule has 0 amide bonds. The van der Waals surface area contributed by atoms with Gasteiger partial charge >= 0.3 is 0 Å². The van der Waals surface area contributed by atoms with Gasteiger partial charge in [0.15, 0.2) is 5.82 Å². The van der Waals surface area contributed by atoms with E-state index < -0.39 is 0 Å². The molecule has 57 heavy (non-hydrogen) atoms. The lowest BCUT2D eigenvalue weighted by Crippen LogP contribution is -1.96. The third-order valence-electron chi connectivity index (χ3n) is 10.9. The van der Waals surface area contributed by atoms with Crippen molar-refractivity contribution in [1.82, 2.24) is 15.0 Å². The van der Waals surface area contributed by atoms with Crippen molar-refractivity contribution in [1.29, 1.82) is 0 Å². The summed E-state index contributed by atoms with van der Waals surface area (Å²) in [6.45, 7) is 0. The molecule has 0 aliphatic heterocycles. The molecule has 0 unspecified atom stereocenters. The number of thiophene rings is 1. The molecule has 11 aromatic rings. The maximum atomic E-state index is 5.19. The van der Waals surface area contributed by atoms with Crippen LogP contribution in [0.1, 0.15) is 0 Å². The van der Waals surface area contributed by atoms with Gasteiger partial charge in [0, 0.05) is 58.6 Å². The second kappa shape index (κ2) is 13.8. The molecule has 11 rings (SSSR count). The molecule has 0 atom stereocenters. The Morgan fingerprint density at radius 1 is 0.316 bits per heavy atom. The Morgan fingerprint density at radius 2 is 0.877 bits per heavy atom. The monoisotopic (exact) mass is 743 g/mol. The van der Waals surface area contributed by atoms with Crippen molar-refractivity contribution in [3.05, 3.63) is 200 Å². The van der Waals surface area contributed by atoms with E-state index in [1.54, 1.807) is 0 Å². The van der Waals surface area contributed by atoms with Crippen molar-refractivity contribution in [3.8, 4) is 67.4 Å². The molecule has 0 aliphatic carbocycles. The Kier molecular flexibility index (Phi) is 8.01. The van der Waals surface area contributed by atoms with Gasteiger partial charge in [-0.2, -0.15) is 0 Å². The minimum absolute atomic E-state index is 0.706. The largest absolute Gasteiger partial charge is 0.247 e. The smallest absolute Gasteiger partial charge is 0.160 e. The number of hydrogen-bond acceptors (Lipinski definition) is 4. The molecule has 266 valence electrons. The molecule has 0 spiro atoms. The number of aromatic nitrogens is 3. The summed E-state index contributed by atoms with van der Waals surface area (Å²) in [5.74, 6) is 0.706. The van der Waals surface area contributed by atoms with Crippen LogP contribution in [0.3, 0.4) is 0 Å². The van der Waals surface area contributed by atoms with Crippen LogP contribution in [0.4, 0.5) is 0 Å². The van der Waals surface area contributed by atoms with Crippen molar-refractivity contribution in [2.45, 2.75) is 0 Å². The fourth-order valence-corrected chi connectivity index (χ4v) is 9.50. The van der Waals surface area contributed by atoms with Gasteiger partial charge in [-0.25, -0.2) is 15.0 Å². The number of benzene rings is 8. The van der Waals surface area contributed by atoms with Crippen LogP contribution >= 0.6 is 11.3 Å². The van der Waals surface area contributed by atoms with E-state index in [0.29, 0.717) is 5.82 Å². The van der Waals surface area contributed by atoms with E-state index in [9.17, 15) is 0 Å². The van der Waals surface area contributed by atoms with Crippen LogP contribution in [-0.4, -0.2) is 15.0 Å². The third kappa shape index (κ3) is 5.86. The van der Waals surface area contributed by atoms with Crippen LogP contribution in [0.15, 0.2) is 200 Å². The molecular formula is C53H33N3S. The summed E-state index contributed by atoms with van der Waals surface area (Å²) in [4.78, 5) is 15.4. The van der Waals surface area contributed by atoms with E-state index in [0.717, 1.165) is 50.4 Å². The fourth-order valence-electron chi connectivity index (χ4n) is 8.10. The molecule has 4 heteroatoms. The highest BCUT2D eigenvalue weighted by molar-refractivity contribution is 7.27. The maximum Gasteiger partial charge on any atom is 0.160 e. The summed E-state index contributed by atoms with van der Waals surface area (Å²) in [5, 5.41) is 6.17. The second-order valence-corrected chi connectivity index (χ2v) is 15.4. The van der Waals surface area contributed by atoms with Gasteiger partial charge < -0.3 is 0 Å². The van der Waals surface area contributed by atoms with Crippen molar-refractivity contribution in [3.63, 3.8) is 0 Å². The van der Waals surface area contributed by atoms with Gasteiger partial charge in [-0.05, 0) is 40.5 Å². The molecule has 0 fully saturated rings. The summed E-state index contributed by atoms with van der Waals surface area (Å²) in [6, 6.07) is 70.7. The second-order valence-electron chi connectivity index (χ2n) is 14.3. The first-order valence-corrected chi connectivity index (χ1v) is 20.0. The molecular weight excluding hydrogens is 711 g/mol. The lowest BCUT2D eigenvalue weighted by Gasteiger charge is -2.11. The Hall–Kier alpha value is -7.27. The molecule has 0 aliphatic rings. The Balaban J connectivity index is 1.03. The molecule has 0 radical (unpaired) electrons.